The summed E-state index contributed by atoms with van der Waals surface area (Å²) in [5.41, 5.74) is 13.9. The number of fused-ring (bicyclic) bond motifs is 8. The van der Waals surface area contributed by atoms with E-state index in [0.29, 0.717) is 5.82 Å². The van der Waals surface area contributed by atoms with Crippen molar-refractivity contribution in [3.8, 4) is 67.4 Å². The Morgan fingerprint density at radius 2 is 1.02 bits per heavy atom. The average Bonchev–Trinajstić information content (AvgIpc) is 3.91. The Morgan fingerprint density at radius 1 is 0.383 bits per heavy atom. The number of nitrogens with zero attached hydrogens (tertiary/aromatic N) is 3. The molecule has 0 saturated carbocycles. The van der Waals surface area contributed by atoms with Crippen LogP contribution in [0.3, 0.4) is 0 Å². The molecule has 60 heavy (non-hydrogen) atoms. The van der Waals surface area contributed by atoms with E-state index in [0.717, 1.165) is 83.5 Å². The van der Waals surface area contributed by atoms with Gasteiger partial charge in [0.25, 0.3) is 0 Å². The molecule has 0 bridgehead atoms. The van der Waals surface area contributed by atoms with E-state index in [1.54, 1.807) is 0 Å². The van der Waals surface area contributed by atoms with Crippen molar-refractivity contribution in [1.82, 2.24) is 15.0 Å². The third-order valence-corrected chi connectivity index (χ3v) is 12.7. The second-order valence-electron chi connectivity index (χ2n) is 15.1. The van der Waals surface area contributed by atoms with Crippen LogP contribution in [0, 0.1) is 0 Å². The molecule has 0 spiro atoms. The van der Waals surface area contributed by atoms with Crippen molar-refractivity contribution in [1.29, 1.82) is 0 Å². The Labute approximate surface area is 349 Å². The van der Waals surface area contributed by atoms with E-state index in [4.69, 9.17) is 19.4 Å². The van der Waals surface area contributed by atoms with Crippen molar-refractivity contribution < 1.29 is 4.42 Å². The Hall–Kier alpha value is -7.73. The van der Waals surface area contributed by atoms with Crippen molar-refractivity contribution in [2.24, 2.45) is 0 Å². The number of thiophene rings is 1. The minimum Gasteiger partial charge on any atom is -0.455 e. The molecule has 0 radical (unpaired) electrons. The topological polar surface area (TPSA) is 51.8 Å². The van der Waals surface area contributed by atoms with E-state index in [-0.39, 0.29) is 0 Å². The molecule has 280 valence electrons. The number of para-hydroxylation sites is 2. The fourth-order valence-corrected chi connectivity index (χ4v) is 9.80. The normalized spacial score (nSPS) is 11.7. The van der Waals surface area contributed by atoms with Gasteiger partial charge in [-0.25, -0.2) is 15.0 Å². The lowest BCUT2D eigenvalue weighted by molar-refractivity contribution is 0.670. The highest BCUT2D eigenvalue weighted by Gasteiger charge is 2.19. The van der Waals surface area contributed by atoms with Crippen LogP contribution in [0.25, 0.3) is 120 Å². The van der Waals surface area contributed by atoms with E-state index in [2.05, 4.69) is 182 Å². The van der Waals surface area contributed by atoms with Crippen LogP contribution in [0.2, 0.25) is 0 Å². The maximum absolute atomic E-state index is 6.43. The Balaban J connectivity index is 0.983. The van der Waals surface area contributed by atoms with Crippen LogP contribution in [-0.4, -0.2) is 15.0 Å². The number of benzene rings is 8. The van der Waals surface area contributed by atoms with E-state index < -0.39 is 0 Å². The monoisotopic (exact) mass is 783 g/mol. The average molecular weight is 784 g/mol. The number of rotatable bonds is 6. The van der Waals surface area contributed by atoms with Crippen LogP contribution < -0.4 is 0 Å². The highest BCUT2D eigenvalue weighted by molar-refractivity contribution is 7.26. The first-order valence-electron chi connectivity index (χ1n) is 20.1. The van der Waals surface area contributed by atoms with Gasteiger partial charge in [0.1, 0.15) is 11.2 Å². The largest absolute Gasteiger partial charge is 0.455 e. The fraction of sp³-hybridized carbons (Fsp3) is 0. The van der Waals surface area contributed by atoms with Gasteiger partial charge in [0.15, 0.2) is 5.82 Å². The van der Waals surface area contributed by atoms with Crippen LogP contribution in [0.5, 0.6) is 0 Å². The van der Waals surface area contributed by atoms with Crippen LogP contribution in [0.15, 0.2) is 205 Å². The fourth-order valence-electron chi connectivity index (χ4n) is 8.56. The Kier molecular flexibility index (Phi) is 8.00. The third-order valence-electron chi connectivity index (χ3n) is 11.5. The third kappa shape index (κ3) is 5.78. The molecule has 4 nitrogen and oxygen atoms in total. The molecule has 0 atom stereocenters. The number of aromatic nitrogens is 3. The molecular weight excluding hydrogens is 751 g/mol. The van der Waals surface area contributed by atoms with Crippen molar-refractivity contribution in [2.45, 2.75) is 0 Å². The lowest BCUT2D eigenvalue weighted by Gasteiger charge is -2.12. The minimum absolute atomic E-state index is 0.660. The van der Waals surface area contributed by atoms with Gasteiger partial charge in [-0.2, -0.15) is 0 Å². The summed E-state index contributed by atoms with van der Waals surface area (Å²) in [4.78, 5) is 15.8. The minimum atomic E-state index is 0.660. The summed E-state index contributed by atoms with van der Waals surface area (Å²) in [7, 11) is 0. The quantitative estimate of drug-likeness (QED) is 0.169. The van der Waals surface area contributed by atoms with Crippen LogP contribution in [-0.2, 0) is 0 Å². The summed E-state index contributed by atoms with van der Waals surface area (Å²) in [6.07, 6.45) is 0. The summed E-state index contributed by atoms with van der Waals surface area (Å²) >= 11 is 1.84. The predicted octanol–water partition coefficient (Wildman–Crippen LogP) is 15.3. The first kappa shape index (κ1) is 34.3. The molecule has 0 amide bonds. The molecule has 4 aromatic heterocycles. The zero-order valence-electron chi connectivity index (χ0n) is 32.2. The lowest BCUT2D eigenvalue weighted by Crippen LogP contribution is -1.96. The number of hydrogen-bond donors (Lipinski definition) is 0. The molecule has 0 fully saturated rings. The summed E-state index contributed by atoms with van der Waals surface area (Å²) < 4.78 is 8.94. The number of pyridine rings is 1. The highest BCUT2D eigenvalue weighted by Crippen LogP contribution is 2.44. The molecule has 5 heteroatoms. The van der Waals surface area contributed by atoms with Crippen molar-refractivity contribution in [2.75, 3.05) is 0 Å². The second kappa shape index (κ2) is 14.0. The standard InChI is InChI=1S/C55H33N3OS/c1-3-13-34(14-4-1)38-29-30-44-48(32-38)56-52(51-45-20-8-10-24-50(45)60-54(44)51)36-25-27-37(28-26-36)55-57-46(35-15-5-2-6-16-35)33-47(58-55)40-18-11-17-39(31-40)41-21-12-22-43-42-19-7-9-23-49(42)59-53(41)43/h1-33H. The van der Waals surface area contributed by atoms with E-state index >= 15 is 0 Å². The molecule has 0 N–H and O–H groups in total. The molecule has 8 aromatic carbocycles. The predicted molar refractivity (Wildman–Crippen MR) is 250 cm³/mol. The SMILES string of the molecule is c1ccc(-c2ccc3c(c2)nc(-c2ccc(-c4nc(-c5ccccc5)cc(-c5cccc(-c6cccc7c6oc6ccccc67)c5)n4)cc2)c2c4ccccc4sc32)cc1. The lowest BCUT2D eigenvalue weighted by atomic mass is 9.98. The molecular formula is C55H33N3OS. The van der Waals surface area contributed by atoms with Gasteiger partial charge in [-0.3, -0.25) is 0 Å². The molecule has 12 aromatic rings. The molecule has 12 rings (SSSR count). The van der Waals surface area contributed by atoms with Crippen molar-refractivity contribution in [3.63, 3.8) is 0 Å². The Morgan fingerprint density at radius 3 is 1.85 bits per heavy atom. The van der Waals surface area contributed by atoms with Gasteiger partial charge in [-0.15, -0.1) is 11.3 Å². The van der Waals surface area contributed by atoms with Crippen molar-refractivity contribution in [3.05, 3.63) is 200 Å². The van der Waals surface area contributed by atoms with E-state index in [1.165, 1.54) is 31.1 Å². The van der Waals surface area contributed by atoms with Gasteiger partial charge in [0.05, 0.1) is 22.6 Å². The maximum atomic E-state index is 6.43. The van der Waals surface area contributed by atoms with E-state index in [9.17, 15) is 0 Å². The smallest absolute Gasteiger partial charge is 0.160 e. The summed E-state index contributed by atoms with van der Waals surface area (Å²) in [6, 6.07) is 70.0. The summed E-state index contributed by atoms with van der Waals surface area (Å²) in [6.45, 7) is 0. The van der Waals surface area contributed by atoms with Gasteiger partial charge >= 0.3 is 0 Å². The summed E-state index contributed by atoms with van der Waals surface area (Å²) in [5, 5.41) is 5.80. The zero-order chi connectivity index (χ0) is 39.6. The van der Waals surface area contributed by atoms with Crippen LogP contribution in [0.1, 0.15) is 0 Å². The highest BCUT2D eigenvalue weighted by atomic mass is 32.1. The van der Waals surface area contributed by atoms with Gasteiger partial charge in [-0.1, -0.05) is 170 Å². The van der Waals surface area contributed by atoms with Gasteiger partial charge in [0.2, 0.25) is 0 Å². The molecule has 4 heterocycles. The first-order valence-corrected chi connectivity index (χ1v) is 20.9. The second-order valence-corrected chi connectivity index (χ2v) is 16.2. The zero-order valence-corrected chi connectivity index (χ0v) is 33.0. The molecule has 0 unspecified atom stereocenters. The van der Waals surface area contributed by atoms with Crippen LogP contribution in [0.4, 0.5) is 0 Å². The van der Waals surface area contributed by atoms with Gasteiger partial charge in [0, 0.05) is 64.1 Å². The van der Waals surface area contributed by atoms with Crippen LogP contribution >= 0.6 is 11.3 Å². The number of furan rings is 1. The number of hydrogen-bond acceptors (Lipinski definition) is 5. The molecule has 0 aliphatic carbocycles. The summed E-state index contributed by atoms with van der Waals surface area (Å²) in [5.74, 6) is 0.660. The molecule has 0 saturated heterocycles. The molecule has 0 aliphatic rings. The molecule has 0 aliphatic heterocycles. The van der Waals surface area contributed by atoms with Gasteiger partial charge < -0.3 is 4.42 Å². The Bertz CT molecular complexity index is 3590. The van der Waals surface area contributed by atoms with Gasteiger partial charge in [-0.05, 0) is 47.0 Å². The maximum Gasteiger partial charge on any atom is 0.160 e. The van der Waals surface area contributed by atoms with E-state index in [1.807, 2.05) is 29.5 Å². The first-order chi connectivity index (χ1) is 29.7. The van der Waals surface area contributed by atoms with Crippen molar-refractivity contribution >= 4 is 64.4 Å².